The minimum absolute atomic E-state index is 0.278. The molecule has 0 radical (unpaired) electrons. The van der Waals surface area contributed by atoms with Gasteiger partial charge < -0.3 is 5.73 Å². The van der Waals surface area contributed by atoms with Crippen LogP contribution in [0, 0.1) is 20.8 Å². The highest BCUT2D eigenvalue weighted by atomic mass is 15.1. The van der Waals surface area contributed by atoms with Crippen molar-refractivity contribution < 1.29 is 0 Å². The van der Waals surface area contributed by atoms with Crippen LogP contribution in [0.25, 0.3) is 16.9 Å². The average Bonchev–Trinajstić information content (AvgIpc) is 2.71. The van der Waals surface area contributed by atoms with Crippen molar-refractivity contribution >= 4 is 17.0 Å². The lowest BCUT2D eigenvalue weighted by Crippen LogP contribution is -2.03. The van der Waals surface area contributed by atoms with Crippen molar-refractivity contribution in [3.63, 3.8) is 0 Å². The zero-order valence-corrected chi connectivity index (χ0v) is 11.2. The van der Waals surface area contributed by atoms with E-state index in [9.17, 15) is 0 Å². The summed E-state index contributed by atoms with van der Waals surface area (Å²) in [7, 11) is 0. The molecule has 19 heavy (non-hydrogen) atoms. The largest absolute Gasteiger partial charge is 0.368 e. The molecule has 0 amide bonds. The lowest BCUT2D eigenvalue weighted by molar-refractivity contribution is 0.986. The van der Waals surface area contributed by atoms with Crippen molar-refractivity contribution in [2.24, 2.45) is 0 Å². The number of aryl methyl sites for hydroxylation is 3. The van der Waals surface area contributed by atoms with Crippen LogP contribution in [0.2, 0.25) is 0 Å². The first kappa shape index (κ1) is 11.6. The van der Waals surface area contributed by atoms with Gasteiger partial charge in [-0.25, -0.2) is 9.97 Å². The molecule has 2 aromatic heterocycles. The fourth-order valence-electron chi connectivity index (χ4n) is 2.14. The van der Waals surface area contributed by atoms with Gasteiger partial charge in [-0.15, -0.1) is 0 Å². The normalized spacial score (nSPS) is 11.1. The van der Waals surface area contributed by atoms with E-state index in [0.717, 1.165) is 22.5 Å². The fraction of sp³-hybridized carbons (Fsp3) is 0.214. The third-order valence-corrected chi connectivity index (χ3v) is 3.27. The van der Waals surface area contributed by atoms with Crippen molar-refractivity contribution in [3.8, 4) is 5.82 Å². The van der Waals surface area contributed by atoms with E-state index in [-0.39, 0.29) is 5.95 Å². The Hall–Kier alpha value is -2.43. The topological polar surface area (TPSA) is 69.6 Å². The molecule has 2 heterocycles. The van der Waals surface area contributed by atoms with E-state index in [2.05, 4.69) is 40.9 Å². The molecule has 3 aromatic rings. The van der Waals surface area contributed by atoms with Crippen LogP contribution in [0.15, 0.2) is 24.5 Å². The molecule has 0 saturated carbocycles. The van der Waals surface area contributed by atoms with Crippen LogP contribution in [0.1, 0.15) is 16.8 Å². The summed E-state index contributed by atoms with van der Waals surface area (Å²) in [6, 6.07) is 6.09. The molecule has 5 heteroatoms. The third-order valence-electron chi connectivity index (χ3n) is 3.27. The van der Waals surface area contributed by atoms with Crippen LogP contribution in [-0.2, 0) is 0 Å². The number of nitrogens with two attached hydrogens (primary N) is 1. The van der Waals surface area contributed by atoms with Crippen molar-refractivity contribution in [2.75, 3.05) is 5.73 Å². The number of hydrogen-bond acceptors (Lipinski definition) is 4. The third kappa shape index (κ3) is 1.93. The van der Waals surface area contributed by atoms with E-state index < -0.39 is 0 Å². The Morgan fingerprint density at radius 2 is 1.74 bits per heavy atom. The van der Waals surface area contributed by atoms with Gasteiger partial charge in [0, 0.05) is 11.8 Å². The maximum absolute atomic E-state index is 5.71. The highest BCUT2D eigenvalue weighted by Crippen LogP contribution is 2.21. The van der Waals surface area contributed by atoms with Crippen LogP contribution in [0.3, 0.4) is 0 Å². The Balaban J connectivity index is 2.28. The summed E-state index contributed by atoms with van der Waals surface area (Å²) in [5.41, 5.74) is 11.0. The van der Waals surface area contributed by atoms with Crippen LogP contribution in [0.5, 0.6) is 0 Å². The van der Waals surface area contributed by atoms with Gasteiger partial charge in [-0.1, -0.05) is 0 Å². The lowest BCUT2D eigenvalue weighted by atomic mass is 10.1. The molecule has 3 rings (SSSR count). The summed E-state index contributed by atoms with van der Waals surface area (Å²) in [5, 5.41) is 0. The van der Waals surface area contributed by atoms with Crippen molar-refractivity contribution in [1.29, 1.82) is 0 Å². The smallest absolute Gasteiger partial charge is 0.222 e. The Bertz CT molecular complexity index is 753. The van der Waals surface area contributed by atoms with E-state index >= 15 is 0 Å². The van der Waals surface area contributed by atoms with Gasteiger partial charge in [0.1, 0.15) is 12.1 Å². The van der Waals surface area contributed by atoms with Crippen molar-refractivity contribution in [2.45, 2.75) is 20.8 Å². The molecular formula is C14H15N5. The molecule has 0 atom stereocenters. The number of nitrogen functional groups attached to an aromatic ring is 1. The number of rotatable bonds is 1. The van der Waals surface area contributed by atoms with Crippen LogP contribution in [-0.4, -0.2) is 19.5 Å². The first-order chi connectivity index (χ1) is 9.04. The first-order valence-corrected chi connectivity index (χ1v) is 6.10. The summed E-state index contributed by atoms with van der Waals surface area (Å²) in [5.74, 6) is 1.02. The maximum atomic E-state index is 5.71. The molecule has 0 aliphatic heterocycles. The fourth-order valence-corrected chi connectivity index (χ4v) is 2.14. The first-order valence-electron chi connectivity index (χ1n) is 6.10. The summed E-state index contributed by atoms with van der Waals surface area (Å²) >= 11 is 0. The average molecular weight is 253 g/mol. The molecule has 0 unspecified atom stereocenters. The van der Waals surface area contributed by atoms with Gasteiger partial charge in [0.05, 0.1) is 11.0 Å². The standard InChI is InChI=1S/C14H15N5/c1-8-4-11-12(5-9(8)2)19(7-16-11)13-6-10(3)17-14(15)18-13/h4-7H,1-3H3,(H2,15,17,18). The molecule has 0 saturated heterocycles. The van der Waals surface area contributed by atoms with Gasteiger partial charge >= 0.3 is 0 Å². The second kappa shape index (κ2) is 4.05. The number of anilines is 1. The summed E-state index contributed by atoms with van der Waals surface area (Å²) in [6.07, 6.45) is 1.77. The summed E-state index contributed by atoms with van der Waals surface area (Å²) in [4.78, 5) is 12.8. The number of imidazole rings is 1. The molecule has 5 nitrogen and oxygen atoms in total. The molecule has 2 N–H and O–H groups in total. The SMILES string of the molecule is Cc1cc(-n2cnc3cc(C)c(C)cc32)nc(N)n1. The Morgan fingerprint density at radius 3 is 2.47 bits per heavy atom. The Labute approximate surface area is 111 Å². The minimum Gasteiger partial charge on any atom is -0.368 e. The molecule has 0 fully saturated rings. The predicted octanol–water partition coefficient (Wildman–Crippen LogP) is 2.32. The number of hydrogen-bond donors (Lipinski definition) is 1. The number of fused-ring (bicyclic) bond motifs is 1. The van der Waals surface area contributed by atoms with Crippen LogP contribution < -0.4 is 5.73 Å². The number of aromatic nitrogens is 4. The monoisotopic (exact) mass is 253 g/mol. The second-order valence-electron chi connectivity index (χ2n) is 4.77. The highest BCUT2D eigenvalue weighted by molar-refractivity contribution is 5.79. The Kier molecular flexibility index (Phi) is 2.48. The number of nitrogens with zero attached hydrogens (tertiary/aromatic N) is 4. The van der Waals surface area contributed by atoms with E-state index in [4.69, 9.17) is 5.73 Å². The van der Waals surface area contributed by atoms with Gasteiger partial charge in [0.25, 0.3) is 0 Å². The van der Waals surface area contributed by atoms with Crippen molar-refractivity contribution in [3.05, 3.63) is 41.3 Å². The lowest BCUT2D eigenvalue weighted by Gasteiger charge is -2.06. The van der Waals surface area contributed by atoms with Gasteiger partial charge in [-0.05, 0) is 44.0 Å². The molecule has 0 aliphatic rings. The zero-order chi connectivity index (χ0) is 13.6. The second-order valence-corrected chi connectivity index (χ2v) is 4.77. The van der Waals surface area contributed by atoms with E-state index in [0.29, 0.717) is 0 Å². The number of benzene rings is 1. The molecule has 0 aliphatic carbocycles. The van der Waals surface area contributed by atoms with Gasteiger partial charge in [0.15, 0.2) is 0 Å². The molecule has 0 spiro atoms. The quantitative estimate of drug-likeness (QED) is 0.722. The van der Waals surface area contributed by atoms with E-state index in [1.54, 1.807) is 6.33 Å². The van der Waals surface area contributed by atoms with Crippen LogP contribution >= 0.6 is 0 Å². The van der Waals surface area contributed by atoms with Crippen LogP contribution in [0.4, 0.5) is 5.95 Å². The van der Waals surface area contributed by atoms with Gasteiger partial charge in [-0.2, -0.15) is 4.98 Å². The van der Waals surface area contributed by atoms with Crippen molar-refractivity contribution in [1.82, 2.24) is 19.5 Å². The van der Waals surface area contributed by atoms with E-state index in [1.807, 2.05) is 17.6 Å². The molecule has 0 bridgehead atoms. The van der Waals surface area contributed by atoms with Gasteiger partial charge in [-0.3, -0.25) is 4.57 Å². The van der Waals surface area contributed by atoms with Gasteiger partial charge in [0.2, 0.25) is 5.95 Å². The predicted molar refractivity (Wildman–Crippen MR) is 75.3 cm³/mol. The summed E-state index contributed by atoms with van der Waals surface area (Å²) in [6.45, 7) is 6.07. The molecule has 1 aromatic carbocycles. The molecule has 96 valence electrons. The van der Waals surface area contributed by atoms with E-state index in [1.165, 1.54) is 11.1 Å². The summed E-state index contributed by atoms with van der Waals surface area (Å²) < 4.78 is 1.94. The minimum atomic E-state index is 0.278. The zero-order valence-electron chi connectivity index (χ0n) is 11.2. The maximum Gasteiger partial charge on any atom is 0.222 e. The molecular weight excluding hydrogens is 238 g/mol. The highest BCUT2D eigenvalue weighted by Gasteiger charge is 2.08. The Morgan fingerprint density at radius 1 is 1.00 bits per heavy atom.